The quantitative estimate of drug-likeness (QED) is 0.0200. The molecular formula is C62H109F2N5O35. The van der Waals surface area contributed by atoms with Crippen molar-refractivity contribution in [1.29, 1.82) is 0 Å². The molecule has 0 aromatic carbocycles. The molecule has 606 valence electrons. The van der Waals surface area contributed by atoms with Crippen LogP contribution in [0.1, 0.15) is 97.3 Å². The van der Waals surface area contributed by atoms with Crippen molar-refractivity contribution in [3.8, 4) is 0 Å². The van der Waals surface area contributed by atoms with Gasteiger partial charge in [0, 0.05) is 45.2 Å². The molecule has 40 nitrogen and oxygen atoms in total. The molecule has 6 fully saturated rings. The van der Waals surface area contributed by atoms with Crippen LogP contribution in [0.3, 0.4) is 0 Å². The highest BCUT2D eigenvalue weighted by molar-refractivity contribution is 5.82. The van der Waals surface area contributed by atoms with Gasteiger partial charge in [0.1, 0.15) is 146 Å². The summed E-state index contributed by atoms with van der Waals surface area (Å²) in [5.74, 6) is -1.08. The second-order valence-electron chi connectivity index (χ2n) is 25.9. The molecule has 0 saturated carbocycles. The van der Waals surface area contributed by atoms with Gasteiger partial charge in [-0.1, -0.05) is 6.42 Å². The minimum atomic E-state index is -2.33. The smallest absolute Gasteiger partial charge is 0.234 e. The average molecular weight is 1520 g/mol. The number of nitrogens with two attached hydrogens (primary N) is 1. The number of rotatable bonds is 41. The van der Waals surface area contributed by atoms with Gasteiger partial charge in [-0.3, -0.25) is 29.4 Å². The summed E-state index contributed by atoms with van der Waals surface area (Å²) in [5, 5.41) is 187. The lowest BCUT2D eigenvalue weighted by atomic mass is 9.97. The molecule has 6 heterocycles. The van der Waals surface area contributed by atoms with E-state index in [2.05, 4.69) is 21.5 Å². The maximum atomic E-state index is 15.9. The highest BCUT2D eigenvalue weighted by atomic mass is 19.1. The zero-order valence-corrected chi connectivity index (χ0v) is 57.7. The fraction of sp³-hybridized carbons (Fsp3) is 0.919. The van der Waals surface area contributed by atoms with Gasteiger partial charge in [-0.15, -0.1) is 0 Å². The van der Waals surface area contributed by atoms with Gasteiger partial charge in [-0.2, -0.15) is 0 Å². The van der Waals surface area contributed by atoms with E-state index in [1.165, 1.54) is 6.92 Å². The largest absolute Gasteiger partial charge is 0.394 e. The predicted octanol–water partition coefficient (Wildman–Crippen LogP) is -10.7. The average Bonchev–Trinajstić information content (AvgIpc) is 0.794. The van der Waals surface area contributed by atoms with Gasteiger partial charge in [-0.05, 0) is 65.3 Å². The molecule has 31 atom stereocenters. The van der Waals surface area contributed by atoms with Crippen LogP contribution in [0.4, 0.5) is 8.78 Å². The number of nitrogens with one attached hydrogen (secondary N) is 4. The van der Waals surface area contributed by atoms with Crippen LogP contribution in [0.5, 0.6) is 0 Å². The number of aliphatic hydroxyl groups excluding tert-OH is 18. The van der Waals surface area contributed by atoms with Gasteiger partial charge in [0.15, 0.2) is 50.1 Å². The van der Waals surface area contributed by atoms with Gasteiger partial charge in [0.25, 0.3) is 0 Å². The van der Waals surface area contributed by atoms with Crippen LogP contribution in [0, 0.1) is 0 Å². The highest BCUT2D eigenvalue weighted by Crippen LogP contribution is 2.35. The molecule has 0 aromatic rings. The summed E-state index contributed by atoms with van der Waals surface area (Å²) < 4.78 is 97.1. The van der Waals surface area contributed by atoms with Crippen LogP contribution in [0.2, 0.25) is 0 Å². The Bertz CT molecular complexity index is 2500. The van der Waals surface area contributed by atoms with E-state index in [9.17, 15) is 116 Å². The lowest BCUT2D eigenvalue weighted by Gasteiger charge is -2.46. The molecule has 42 heteroatoms. The molecule has 0 aliphatic carbocycles. The Labute approximate surface area is 596 Å². The molecule has 104 heavy (non-hydrogen) atoms. The molecule has 3 amide bonds. The Kier molecular flexibility index (Phi) is 40.3. The van der Waals surface area contributed by atoms with Crippen molar-refractivity contribution in [3.63, 3.8) is 0 Å². The third-order valence-electron chi connectivity index (χ3n) is 18.0. The van der Waals surface area contributed by atoms with Crippen LogP contribution in [0.25, 0.3) is 0 Å². The van der Waals surface area contributed by atoms with Crippen molar-refractivity contribution < 1.29 is 182 Å². The first-order chi connectivity index (χ1) is 49.5. The van der Waals surface area contributed by atoms with Crippen molar-refractivity contribution in [2.75, 3.05) is 72.5 Å². The minimum Gasteiger partial charge on any atom is -0.394 e. The topological polar surface area (TPSA) is 634 Å². The van der Waals surface area contributed by atoms with E-state index in [0.29, 0.717) is 51.6 Å². The molecule has 6 aliphatic rings. The summed E-state index contributed by atoms with van der Waals surface area (Å²) in [6.07, 6.45) is -48.3. The van der Waals surface area contributed by atoms with Crippen molar-refractivity contribution in [2.45, 2.75) is 288 Å². The van der Waals surface area contributed by atoms with Crippen molar-refractivity contribution in [2.24, 2.45) is 5.73 Å². The fourth-order valence-corrected chi connectivity index (χ4v) is 11.7. The number of ether oxygens (including phenoxy) is 12. The summed E-state index contributed by atoms with van der Waals surface area (Å²) in [7, 11) is 0. The van der Waals surface area contributed by atoms with E-state index in [-0.39, 0.29) is 75.2 Å². The van der Waals surface area contributed by atoms with E-state index in [0.717, 1.165) is 12.8 Å². The standard InChI is InChI=1S/C33H59FN4O18.C29H50FNO17/c1-15(41)16(6-4-5-9-35)37-38-21(43)8-3-2-7-20(42)36-10-11-51-31-22(34)30(56-33-29(50)27(48)24(45)18(13-40)54-33)25(46)19(55-31)14-52-32-28(49)26(47)23(44)17(12-39)53-32;1-2-31-17(35)8-4-3-6-13(34)7-5-9-43-27-18(30)26(48-29-25(42)23(40)20(37)15(11-33)46-29)21(38)16(47-27)12-44-28-24(41)22(39)19(36)14(10-32)45-28/h16-19,22-33,37,39-40,44-50H,2-14,35H2,1H3,(H,36,42)(H,38,43);14-16,18-29,32-33,36-42H,2-12H2,1H3,(H,31,35)/t16-,17+,18+,19+,22+,23+,24+,25+,26-,27-,28-,29-,30+,31-,32-,33+;14-,15-,16-,18-,19-,20-,21-,22+,23+,24+,25+,26-,27+,28+,29-/m01/s1. The lowest BCUT2D eigenvalue weighted by molar-refractivity contribution is -0.359. The van der Waals surface area contributed by atoms with Crippen molar-refractivity contribution in [1.82, 2.24) is 21.5 Å². The number of halogens is 2. The summed E-state index contributed by atoms with van der Waals surface area (Å²) in [6, 6.07) is -0.535. The van der Waals surface area contributed by atoms with Crippen molar-refractivity contribution >= 4 is 29.3 Å². The Morgan fingerprint density at radius 2 is 0.779 bits per heavy atom. The maximum Gasteiger partial charge on any atom is 0.234 e. The molecule has 0 bridgehead atoms. The number of hydrogen-bond acceptors (Lipinski definition) is 37. The molecule has 6 saturated heterocycles. The molecule has 0 radical (unpaired) electrons. The summed E-state index contributed by atoms with van der Waals surface area (Å²) in [6.45, 7) is -0.870. The number of carbonyl (C=O) groups excluding carboxylic acids is 5. The van der Waals surface area contributed by atoms with Crippen molar-refractivity contribution in [3.05, 3.63) is 0 Å². The summed E-state index contributed by atoms with van der Waals surface area (Å²) in [5.41, 5.74) is 10.7. The number of hydrazine groups is 1. The summed E-state index contributed by atoms with van der Waals surface area (Å²) >= 11 is 0. The van der Waals surface area contributed by atoms with Gasteiger partial charge < -0.3 is 165 Å². The predicted molar refractivity (Wildman–Crippen MR) is 339 cm³/mol. The minimum absolute atomic E-state index is 0.0418. The first kappa shape index (κ1) is 90.9. The Balaban J connectivity index is 0.000000378. The van der Waals surface area contributed by atoms with Crippen LogP contribution >= 0.6 is 0 Å². The Morgan fingerprint density at radius 3 is 1.18 bits per heavy atom. The van der Waals surface area contributed by atoms with Gasteiger partial charge >= 0.3 is 0 Å². The number of Topliss-reactive ketones (excluding diaryl/α,β-unsaturated/α-hetero) is 2. The monoisotopic (exact) mass is 1520 g/mol. The number of carbonyl (C=O) groups is 5. The first-order valence-corrected chi connectivity index (χ1v) is 34.7. The number of unbranched alkanes of at least 4 members (excludes halogenated alkanes) is 3. The van der Waals surface area contributed by atoms with Gasteiger partial charge in [0.2, 0.25) is 17.7 Å². The highest BCUT2D eigenvalue weighted by Gasteiger charge is 2.55. The van der Waals surface area contributed by atoms with Crippen LogP contribution in [0.15, 0.2) is 0 Å². The molecule has 0 spiro atoms. The first-order valence-electron chi connectivity index (χ1n) is 34.7. The van der Waals surface area contributed by atoms with E-state index in [1.54, 1.807) is 6.92 Å². The molecule has 0 unspecified atom stereocenters. The number of alkyl halides is 2. The van der Waals surface area contributed by atoms with E-state index in [4.69, 9.17) is 62.6 Å². The summed E-state index contributed by atoms with van der Waals surface area (Å²) in [4.78, 5) is 60.1. The fourth-order valence-electron chi connectivity index (χ4n) is 11.7. The maximum absolute atomic E-state index is 15.9. The van der Waals surface area contributed by atoms with Crippen LogP contribution < -0.4 is 27.2 Å². The third kappa shape index (κ3) is 26.5. The number of ketones is 2. The van der Waals surface area contributed by atoms with Gasteiger partial charge in [-0.25, -0.2) is 14.2 Å². The van der Waals surface area contributed by atoms with E-state index in [1.807, 2.05) is 0 Å². The molecule has 6 aliphatic heterocycles. The van der Waals surface area contributed by atoms with Gasteiger partial charge in [0.05, 0.1) is 58.9 Å². The molecule has 6 rings (SSSR count). The third-order valence-corrected chi connectivity index (χ3v) is 18.0. The Hall–Kier alpha value is -3.67. The van der Waals surface area contributed by atoms with Crippen LogP contribution in [-0.4, -0.2) is 384 Å². The van der Waals surface area contributed by atoms with Crippen LogP contribution in [-0.2, 0) is 80.8 Å². The molecule has 0 aromatic heterocycles. The Morgan fingerprint density at radius 1 is 0.413 bits per heavy atom. The van der Waals surface area contributed by atoms with E-state index < -0.39 is 236 Å². The number of hydrogen-bond donors (Lipinski definition) is 23. The normalized spacial score (nSPS) is 38.5. The second-order valence-corrected chi connectivity index (χ2v) is 25.9. The number of aliphatic hydroxyl groups is 18. The lowest BCUT2D eigenvalue weighted by Crippen LogP contribution is -2.64. The van der Waals surface area contributed by atoms with E-state index >= 15 is 8.78 Å². The molecule has 24 N–H and O–H groups in total. The zero-order valence-electron chi connectivity index (χ0n) is 57.7. The second kappa shape index (κ2) is 46.1. The number of amides is 3. The SMILES string of the molecule is CC(=O)[C@H](CCCCN)NNC(=O)CCCCC(=O)NCCO[C@H]1O[C@H](CO[C@H]2O[C@H](CO)[C@@H](O)[C@H](O)[C@@H]2O)[C@@H](O)[C@H](O[C@H]2O[C@H](CO)[C@@H](O)[C@H](O)[C@@H]2O)[C@H]1F.CCNC(=O)CCCCC(=O)CCCO[C@H]1O[C@H](CO[C@H]2O[C@H](CO)[C@@H](O)[C@H](O)[C@@H]2O)[C@@H](O)[C@H](O[C@H]2O[C@H](CO)[C@@H](O)[C@H](O)[C@@H]2O)[C@H]1F. The zero-order chi connectivity index (χ0) is 77.1. The molecular weight excluding hydrogens is 1410 g/mol.